The number of carbonyl (C=O) groups is 1. The molecule has 0 heterocycles. The molecule has 1 N–H and O–H groups in total. The number of nitrogens with one attached hydrogen (secondary N) is 1. The Labute approximate surface area is 79.0 Å². The van der Waals surface area contributed by atoms with Crippen LogP contribution in [0.15, 0.2) is 30.3 Å². The van der Waals surface area contributed by atoms with Gasteiger partial charge in [-0.15, -0.1) is 0 Å². The van der Waals surface area contributed by atoms with E-state index in [-0.39, 0.29) is 11.8 Å². The Morgan fingerprint density at radius 1 is 1.38 bits per heavy atom. The van der Waals surface area contributed by atoms with E-state index in [0.29, 0.717) is 0 Å². The monoisotopic (exact) mass is 177 g/mol. The van der Waals surface area contributed by atoms with Crippen LogP contribution in [-0.4, -0.2) is 12.3 Å². The fraction of sp³-hybridized carbons (Fsp3) is 0.364. The van der Waals surface area contributed by atoms with Crippen LogP contribution >= 0.6 is 0 Å². The predicted molar refractivity (Wildman–Crippen MR) is 53.5 cm³/mol. The third kappa shape index (κ3) is 2.67. The van der Waals surface area contributed by atoms with Crippen molar-refractivity contribution in [2.75, 3.05) is 6.54 Å². The fourth-order valence-corrected chi connectivity index (χ4v) is 1.35. The van der Waals surface area contributed by atoms with Gasteiger partial charge in [-0.05, 0) is 19.0 Å². The second kappa shape index (κ2) is 4.77. The Morgan fingerprint density at radius 3 is 2.46 bits per heavy atom. The zero-order chi connectivity index (χ0) is 9.68. The lowest BCUT2D eigenvalue weighted by Gasteiger charge is -2.14. The molecular weight excluding hydrogens is 162 g/mol. The average Bonchev–Trinajstić information content (AvgIpc) is 2.15. The van der Waals surface area contributed by atoms with Crippen LogP contribution in [0.1, 0.15) is 25.5 Å². The van der Waals surface area contributed by atoms with Gasteiger partial charge in [-0.1, -0.05) is 37.3 Å². The molecule has 0 aliphatic rings. The van der Waals surface area contributed by atoms with Gasteiger partial charge < -0.3 is 5.32 Å². The summed E-state index contributed by atoms with van der Waals surface area (Å²) in [5.74, 6) is 0.160. The number of hydrogen-bond acceptors (Lipinski definition) is 2. The highest BCUT2D eigenvalue weighted by Gasteiger charge is 2.13. The van der Waals surface area contributed by atoms with E-state index in [1.807, 2.05) is 37.3 Å². The van der Waals surface area contributed by atoms with E-state index in [0.717, 1.165) is 12.1 Å². The molecule has 1 rings (SSSR count). The predicted octanol–water partition coefficient (Wildman–Crippen LogP) is 1.93. The first-order valence-corrected chi connectivity index (χ1v) is 4.54. The molecule has 0 aromatic heterocycles. The van der Waals surface area contributed by atoms with Crippen LogP contribution in [0.25, 0.3) is 0 Å². The van der Waals surface area contributed by atoms with Gasteiger partial charge in [0, 0.05) is 0 Å². The van der Waals surface area contributed by atoms with Crippen molar-refractivity contribution in [2.45, 2.75) is 19.9 Å². The van der Waals surface area contributed by atoms with Crippen molar-refractivity contribution in [3.63, 3.8) is 0 Å². The number of hydrogen-bond donors (Lipinski definition) is 1. The minimum Gasteiger partial charge on any atom is -0.304 e. The Morgan fingerprint density at radius 2 is 2.00 bits per heavy atom. The molecule has 0 radical (unpaired) electrons. The van der Waals surface area contributed by atoms with Crippen molar-refractivity contribution in [1.29, 1.82) is 0 Å². The highest BCUT2D eigenvalue weighted by Crippen LogP contribution is 2.12. The summed E-state index contributed by atoms with van der Waals surface area (Å²) in [6.07, 6.45) is 0. The first-order valence-electron chi connectivity index (χ1n) is 4.54. The number of rotatable bonds is 4. The van der Waals surface area contributed by atoms with Crippen LogP contribution in [0.2, 0.25) is 0 Å². The maximum absolute atomic E-state index is 11.3. The van der Waals surface area contributed by atoms with Crippen LogP contribution in [-0.2, 0) is 4.79 Å². The zero-order valence-corrected chi connectivity index (χ0v) is 8.08. The van der Waals surface area contributed by atoms with E-state index >= 15 is 0 Å². The molecule has 0 spiro atoms. The van der Waals surface area contributed by atoms with E-state index in [2.05, 4.69) is 5.32 Å². The number of carbonyl (C=O) groups excluding carboxylic acids is 1. The van der Waals surface area contributed by atoms with Crippen LogP contribution in [0.4, 0.5) is 0 Å². The third-order valence-electron chi connectivity index (χ3n) is 1.95. The van der Waals surface area contributed by atoms with Gasteiger partial charge in [0.1, 0.15) is 0 Å². The molecule has 0 aliphatic heterocycles. The molecule has 1 atom stereocenters. The Kier molecular flexibility index (Phi) is 3.65. The standard InChI is InChI=1S/C11H15NO/c1-3-12-11(9(2)13)10-7-5-4-6-8-10/h4-8,11-12H,3H2,1-2H3/t11-/m0/s1. The number of benzene rings is 1. The number of Topliss-reactive ketones (excluding diaryl/α,β-unsaturated/α-hetero) is 1. The summed E-state index contributed by atoms with van der Waals surface area (Å²) in [6.45, 7) is 4.42. The number of likely N-dealkylation sites (N-methyl/N-ethyl adjacent to an activating group) is 1. The second-order valence-corrected chi connectivity index (χ2v) is 3.01. The van der Waals surface area contributed by atoms with Gasteiger partial charge in [0.05, 0.1) is 6.04 Å². The lowest BCUT2D eigenvalue weighted by atomic mass is 10.0. The Bertz CT molecular complexity index is 269. The van der Waals surface area contributed by atoms with Gasteiger partial charge in [-0.2, -0.15) is 0 Å². The van der Waals surface area contributed by atoms with Gasteiger partial charge in [-0.3, -0.25) is 4.79 Å². The highest BCUT2D eigenvalue weighted by atomic mass is 16.1. The fourth-order valence-electron chi connectivity index (χ4n) is 1.35. The Balaban J connectivity index is 2.82. The summed E-state index contributed by atoms with van der Waals surface area (Å²) in [5.41, 5.74) is 1.04. The molecule has 2 heteroatoms. The Hall–Kier alpha value is -1.15. The molecule has 13 heavy (non-hydrogen) atoms. The molecule has 0 saturated heterocycles. The lowest BCUT2D eigenvalue weighted by Crippen LogP contribution is -2.26. The average molecular weight is 177 g/mol. The largest absolute Gasteiger partial charge is 0.304 e. The lowest BCUT2D eigenvalue weighted by molar-refractivity contribution is -0.119. The molecule has 1 aromatic carbocycles. The summed E-state index contributed by atoms with van der Waals surface area (Å²) in [6, 6.07) is 9.63. The summed E-state index contributed by atoms with van der Waals surface area (Å²) in [5, 5.41) is 3.15. The minimum absolute atomic E-state index is 0.147. The zero-order valence-electron chi connectivity index (χ0n) is 8.08. The summed E-state index contributed by atoms with van der Waals surface area (Å²) in [4.78, 5) is 11.3. The van der Waals surface area contributed by atoms with Crippen LogP contribution in [0, 0.1) is 0 Å². The second-order valence-electron chi connectivity index (χ2n) is 3.01. The quantitative estimate of drug-likeness (QED) is 0.761. The topological polar surface area (TPSA) is 29.1 Å². The minimum atomic E-state index is -0.147. The van der Waals surface area contributed by atoms with Crippen molar-refractivity contribution < 1.29 is 4.79 Å². The van der Waals surface area contributed by atoms with E-state index in [1.54, 1.807) is 6.92 Å². The van der Waals surface area contributed by atoms with Crippen molar-refractivity contribution >= 4 is 5.78 Å². The molecular formula is C11H15NO. The highest BCUT2D eigenvalue weighted by molar-refractivity contribution is 5.82. The molecule has 0 aliphatic carbocycles. The normalized spacial score (nSPS) is 12.5. The summed E-state index contributed by atoms with van der Waals surface area (Å²) >= 11 is 0. The molecule has 1 aromatic rings. The summed E-state index contributed by atoms with van der Waals surface area (Å²) in [7, 11) is 0. The first-order chi connectivity index (χ1) is 6.25. The van der Waals surface area contributed by atoms with Crippen molar-refractivity contribution in [2.24, 2.45) is 0 Å². The molecule has 0 unspecified atom stereocenters. The molecule has 0 amide bonds. The molecule has 70 valence electrons. The van der Waals surface area contributed by atoms with E-state index in [1.165, 1.54) is 0 Å². The van der Waals surface area contributed by atoms with Crippen molar-refractivity contribution in [3.8, 4) is 0 Å². The van der Waals surface area contributed by atoms with Crippen molar-refractivity contribution in [3.05, 3.63) is 35.9 Å². The van der Waals surface area contributed by atoms with Gasteiger partial charge in [0.25, 0.3) is 0 Å². The maximum atomic E-state index is 11.3. The van der Waals surface area contributed by atoms with Crippen LogP contribution < -0.4 is 5.32 Å². The van der Waals surface area contributed by atoms with E-state index in [4.69, 9.17) is 0 Å². The van der Waals surface area contributed by atoms with Gasteiger partial charge >= 0.3 is 0 Å². The van der Waals surface area contributed by atoms with Gasteiger partial charge in [0.2, 0.25) is 0 Å². The molecule has 0 bridgehead atoms. The van der Waals surface area contributed by atoms with Crippen LogP contribution in [0.3, 0.4) is 0 Å². The van der Waals surface area contributed by atoms with Crippen molar-refractivity contribution in [1.82, 2.24) is 5.32 Å². The molecule has 0 saturated carbocycles. The number of ketones is 1. The summed E-state index contributed by atoms with van der Waals surface area (Å²) < 4.78 is 0. The smallest absolute Gasteiger partial charge is 0.151 e. The van der Waals surface area contributed by atoms with Gasteiger partial charge in [-0.25, -0.2) is 0 Å². The maximum Gasteiger partial charge on any atom is 0.151 e. The third-order valence-corrected chi connectivity index (χ3v) is 1.95. The van der Waals surface area contributed by atoms with Gasteiger partial charge in [0.15, 0.2) is 5.78 Å². The first kappa shape index (κ1) is 9.93. The van der Waals surface area contributed by atoms with E-state index < -0.39 is 0 Å². The SMILES string of the molecule is CCN[C@@H](C(C)=O)c1ccccc1. The molecule has 0 fully saturated rings. The van der Waals surface area contributed by atoms with E-state index in [9.17, 15) is 4.79 Å². The van der Waals surface area contributed by atoms with Crippen LogP contribution in [0.5, 0.6) is 0 Å². The molecule has 2 nitrogen and oxygen atoms in total.